The van der Waals surface area contributed by atoms with Gasteiger partial charge in [0.25, 0.3) is 5.91 Å². The van der Waals surface area contributed by atoms with Crippen LogP contribution in [0, 0.1) is 16.7 Å². The van der Waals surface area contributed by atoms with Gasteiger partial charge < -0.3 is 4.90 Å². The van der Waals surface area contributed by atoms with E-state index in [1.165, 1.54) is 19.3 Å². The number of nitrogens with zero attached hydrogens (tertiary/aromatic N) is 5. The smallest absolute Gasteiger partial charge is 0.259 e. The second kappa shape index (κ2) is 9.52. The Morgan fingerprint density at radius 1 is 1.10 bits per heavy atom. The van der Waals surface area contributed by atoms with Crippen LogP contribution in [0.1, 0.15) is 73.4 Å². The van der Waals surface area contributed by atoms with E-state index in [-0.39, 0.29) is 18.2 Å². The SMILES string of the molecule is CC1(CN2CCC(C#N)(n3cc(Cc4ccc5c6c(cccc46)C(=O)N5C4CCC(=O)NC4=O)cn3)CC2)CCC1. The molecule has 4 heterocycles. The highest BCUT2D eigenvalue weighted by Gasteiger charge is 2.42. The minimum atomic E-state index is -0.704. The fourth-order valence-corrected chi connectivity index (χ4v) is 7.32. The van der Waals surface area contributed by atoms with Crippen LogP contribution in [0.4, 0.5) is 5.69 Å². The summed E-state index contributed by atoms with van der Waals surface area (Å²) in [6.45, 7) is 5.31. The van der Waals surface area contributed by atoms with Crippen LogP contribution in [0.15, 0.2) is 42.7 Å². The largest absolute Gasteiger partial charge is 0.303 e. The molecule has 9 nitrogen and oxygen atoms in total. The molecule has 1 atom stereocenters. The molecule has 0 bridgehead atoms. The Labute approximate surface area is 239 Å². The summed E-state index contributed by atoms with van der Waals surface area (Å²) in [6.07, 6.45) is 10.5. The number of rotatable bonds is 6. The first-order chi connectivity index (χ1) is 19.8. The van der Waals surface area contributed by atoms with Crippen molar-refractivity contribution in [3.05, 3.63) is 59.4 Å². The van der Waals surface area contributed by atoms with Gasteiger partial charge >= 0.3 is 0 Å². The molecule has 41 heavy (non-hydrogen) atoms. The quantitative estimate of drug-likeness (QED) is 0.466. The molecule has 0 radical (unpaired) electrons. The number of likely N-dealkylation sites (tertiary alicyclic amines) is 1. The van der Waals surface area contributed by atoms with Crippen LogP contribution in [-0.4, -0.2) is 58.1 Å². The Morgan fingerprint density at radius 2 is 1.90 bits per heavy atom. The number of nitrogens with one attached hydrogen (secondary N) is 1. The monoisotopic (exact) mass is 550 g/mol. The van der Waals surface area contributed by atoms with Crippen LogP contribution in [-0.2, 0) is 21.5 Å². The molecule has 2 aromatic carbocycles. The van der Waals surface area contributed by atoms with Crippen molar-refractivity contribution in [2.75, 3.05) is 24.5 Å². The number of hydrogen-bond acceptors (Lipinski definition) is 6. The van der Waals surface area contributed by atoms with Crippen LogP contribution in [0.5, 0.6) is 0 Å². The van der Waals surface area contributed by atoms with Crippen molar-refractivity contribution in [2.24, 2.45) is 5.41 Å². The van der Waals surface area contributed by atoms with Gasteiger partial charge in [-0.2, -0.15) is 10.4 Å². The lowest BCUT2D eigenvalue weighted by atomic mass is 9.70. The van der Waals surface area contributed by atoms with Gasteiger partial charge in [-0.1, -0.05) is 31.5 Å². The number of piperidine rings is 2. The molecule has 9 heteroatoms. The molecule has 210 valence electrons. The van der Waals surface area contributed by atoms with E-state index in [9.17, 15) is 19.6 Å². The number of anilines is 1. The molecule has 1 unspecified atom stereocenters. The summed E-state index contributed by atoms with van der Waals surface area (Å²) in [6, 6.07) is 11.5. The molecule has 0 spiro atoms. The number of aromatic nitrogens is 2. The summed E-state index contributed by atoms with van der Waals surface area (Å²) in [5, 5.41) is 19.1. The zero-order valence-electron chi connectivity index (χ0n) is 23.4. The lowest BCUT2D eigenvalue weighted by molar-refractivity contribution is -0.134. The minimum absolute atomic E-state index is 0.210. The highest BCUT2D eigenvalue weighted by atomic mass is 16.2. The molecule has 1 N–H and O–H groups in total. The van der Waals surface area contributed by atoms with Crippen molar-refractivity contribution in [1.29, 1.82) is 5.26 Å². The standard InChI is InChI=1S/C32H34N6O3/c1-31(10-3-11-31)20-36-14-12-32(19-33,13-15-36)37-18-21(17-34-37)16-22-6-7-25-28-23(22)4-2-5-24(28)30(41)38(25)26-8-9-27(39)35-29(26)40/h2,4-7,17-18,26H,3,8-16,20H2,1H3,(H,35,39,40). The van der Waals surface area contributed by atoms with Gasteiger partial charge in [0.15, 0.2) is 5.54 Å². The van der Waals surface area contributed by atoms with Gasteiger partial charge in [-0.15, -0.1) is 0 Å². The second-order valence-corrected chi connectivity index (χ2v) is 12.7. The Bertz CT molecular complexity index is 1620. The average molecular weight is 551 g/mol. The fourth-order valence-electron chi connectivity index (χ4n) is 7.32. The van der Waals surface area contributed by atoms with Crippen molar-refractivity contribution in [3.8, 4) is 6.07 Å². The number of carbonyl (C=O) groups is 3. The van der Waals surface area contributed by atoms with E-state index < -0.39 is 17.5 Å². The number of imide groups is 1. The molecule has 7 rings (SSSR count). The normalized spacial score (nSPS) is 23.4. The van der Waals surface area contributed by atoms with E-state index in [2.05, 4.69) is 28.3 Å². The molecule has 4 aliphatic rings. The summed E-state index contributed by atoms with van der Waals surface area (Å²) in [4.78, 5) is 41.9. The van der Waals surface area contributed by atoms with Crippen molar-refractivity contribution in [1.82, 2.24) is 20.0 Å². The maximum atomic E-state index is 13.5. The molecule has 3 amide bonds. The zero-order chi connectivity index (χ0) is 28.4. The van der Waals surface area contributed by atoms with E-state index in [0.29, 0.717) is 29.5 Å². The summed E-state index contributed by atoms with van der Waals surface area (Å²) in [7, 11) is 0. The average Bonchev–Trinajstić information content (AvgIpc) is 3.54. The van der Waals surface area contributed by atoms with E-state index in [0.717, 1.165) is 54.4 Å². The molecular weight excluding hydrogens is 516 g/mol. The topological polar surface area (TPSA) is 111 Å². The van der Waals surface area contributed by atoms with Gasteiger partial charge in [-0.05, 0) is 66.2 Å². The van der Waals surface area contributed by atoms with E-state index >= 15 is 0 Å². The number of nitriles is 1. The van der Waals surface area contributed by atoms with Gasteiger partial charge in [0, 0.05) is 49.6 Å². The molecular formula is C32H34N6O3. The highest BCUT2D eigenvalue weighted by Crippen LogP contribution is 2.43. The molecule has 3 aromatic rings. The predicted octanol–water partition coefficient (Wildman–Crippen LogP) is 3.90. The highest BCUT2D eigenvalue weighted by molar-refractivity contribution is 6.27. The number of hydrogen-bond donors (Lipinski definition) is 1. The van der Waals surface area contributed by atoms with Crippen molar-refractivity contribution >= 4 is 34.2 Å². The molecule has 1 aliphatic carbocycles. The van der Waals surface area contributed by atoms with Crippen LogP contribution in [0.2, 0.25) is 0 Å². The van der Waals surface area contributed by atoms with Gasteiger partial charge in [-0.3, -0.25) is 29.3 Å². The fraction of sp³-hybridized carbons (Fsp3) is 0.469. The number of benzene rings is 2. The Hall–Kier alpha value is -4.03. The van der Waals surface area contributed by atoms with Gasteiger partial charge in [-0.25, -0.2) is 0 Å². The van der Waals surface area contributed by atoms with Crippen molar-refractivity contribution in [2.45, 2.75) is 69.9 Å². The van der Waals surface area contributed by atoms with E-state index in [1.54, 1.807) is 11.0 Å². The van der Waals surface area contributed by atoms with E-state index in [1.807, 2.05) is 41.3 Å². The van der Waals surface area contributed by atoms with Crippen LogP contribution in [0.3, 0.4) is 0 Å². The first-order valence-electron chi connectivity index (χ1n) is 14.7. The summed E-state index contributed by atoms with van der Waals surface area (Å²) >= 11 is 0. The van der Waals surface area contributed by atoms with Crippen molar-refractivity contribution in [3.63, 3.8) is 0 Å². The maximum absolute atomic E-state index is 13.5. The van der Waals surface area contributed by atoms with Gasteiger partial charge in [0.05, 0.1) is 18.0 Å². The number of carbonyl (C=O) groups excluding carboxylic acids is 3. The third-order valence-electron chi connectivity index (χ3n) is 9.87. The molecule has 3 fully saturated rings. The summed E-state index contributed by atoms with van der Waals surface area (Å²) in [5.74, 6) is -0.941. The van der Waals surface area contributed by atoms with Crippen LogP contribution >= 0.6 is 0 Å². The predicted molar refractivity (Wildman–Crippen MR) is 153 cm³/mol. The third kappa shape index (κ3) is 4.24. The summed E-state index contributed by atoms with van der Waals surface area (Å²) < 4.78 is 1.87. The third-order valence-corrected chi connectivity index (χ3v) is 9.87. The van der Waals surface area contributed by atoms with Crippen molar-refractivity contribution < 1.29 is 14.4 Å². The van der Waals surface area contributed by atoms with Crippen LogP contribution < -0.4 is 10.2 Å². The zero-order valence-corrected chi connectivity index (χ0v) is 23.4. The Morgan fingerprint density at radius 3 is 2.61 bits per heavy atom. The number of amides is 3. The molecule has 3 aliphatic heterocycles. The molecule has 1 aromatic heterocycles. The van der Waals surface area contributed by atoms with E-state index in [4.69, 9.17) is 0 Å². The minimum Gasteiger partial charge on any atom is -0.303 e. The molecule has 1 saturated carbocycles. The Balaban J connectivity index is 1.12. The van der Waals surface area contributed by atoms with Crippen LogP contribution in [0.25, 0.3) is 10.8 Å². The molecule has 2 saturated heterocycles. The van der Waals surface area contributed by atoms with Gasteiger partial charge in [0.2, 0.25) is 11.8 Å². The lowest BCUT2D eigenvalue weighted by Gasteiger charge is -2.45. The lowest BCUT2D eigenvalue weighted by Crippen LogP contribution is -2.53. The first-order valence-corrected chi connectivity index (χ1v) is 14.7. The maximum Gasteiger partial charge on any atom is 0.259 e. The first kappa shape index (κ1) is 25.9. The van der Waals surface area contributed by atoms with Gasteiger partial charge in [0.1, 0.15) is 6.04 Å². The second-order valence-electron chi connectivity index (χ2n) is 12.7. The summed E-state index contributed by atoms with van der Waals surface area (Å²) in [5.41, 5.74) is 3.15. The Kier molecular flexibility index (Phi) is 6.02.